The zero-order chi connectivity index (χ0) is 8.74. The van der Waals surface area contributed by atoms with Crippen LogP contribution in [0.15, 0.2) is 0 Å². The number of nitrogens with one attached hydrogen (secondary N) is 1. The molecule has 1 amide bonds. The summed E-state index contributed by atoms with van der Waals surface area (Å²) in [4.78, 5) is 10.0. The lowest BCUT2D eigenvalue weighted by Crippen LogP contribution is -2.37. The maximum absolute atomic E-state index is 10.0. The molecule has 0 saturated carbocycles. The van der Waals surface area contributed by atoms with E-state index in [2.05, 4.69) is 12.2 Å². The number of carbonyl (C=O) groups excluding carboxylic acids is 1. The summed E-state index contributed by atoms with van der Waals surface area (Å²) in [7, 11) is 0. The maximum atomic E-state index is 10.0. The van der Waals surface area contributed by atoms with Crippen molar-refractivity contribution < 1.29 is 4.79 Å². The van der Waals surface area contributed by atoms with Crippen LogP contribution in [0.3, 0.4) is 0 Å². The second kappa shape index (κ2) is 5.16. The summed E-state index contributed by atoms with van der Waals surface area (Å²) >= 11 is 0. The van der Waals surface area contributed by atoms with Gasteiger partial charge >= 0.3 is 6.41 Å². The van der Waals surface area contributed by atoms with Crippen LogP contribution in [0.5, 0.6) is 0 Å². The molecule has 2 heteroatoms. The Labute approximate surface area is 69.4 Å². The van der Waals surface area contributed by atoms with E-state index in [1.807, 2.05) is 13.8 Å². The highest BCUT2D eigenvalue weighted by atomic mass is 16.1. The quantitative estimate of drug-likeness (QED) is 0.462. The van der Waals surface area contributed by atoms with Crippen molar-refractivity contribution in [1.82, 2.24) is 5.32 Å². The number of rotatable bonds is 6. The molecule has 0 unspecified atom stereocenters. The van der Waals surface area contributed by atoms with Gasteiger partial charge in [-0.15, -0.1) is 0 Å². The highest BCUT2D eigenvalue weighted by Gasteiger charge is 2.14. The standard InChI is InChI=1S/C9H18NO/c1-4-5-6-7-9(2,3)10-8-11/h4-7H2,1-3H3,(H,10,11). The first-order valence-electron chi connectivity index (χ1n) is 4.26. The summed E-state index contributed by atoms with van der Waals surface area (Å²) < 4.78 is 0. The summed E-state index contributed by atoms with van der Waals surface area (Å²) in [6.45, 7) is 6.22. The van der Waals surface area contributed by atoms with Gasteiger partial charge in [0.1, 0.15) is 0 Å². The van der Waals surface area contributed by atoms with Gasteiger partial charge in [0.05, 0.1) is 0 Å². The zero-order valence-electron chi connectivity index (χ0n) is 7.74. The molecule has 0 aromatic heterocycles. The molecule has 0 atom stereocenters. The third-order valence-corrected chi connectivity index (χ3v) is 1.79. The molecule has 0 bridgehead atoms. The molecule has 0 aromatic rings. The average Bonchev–Trinajstić information content (AvgIpc) is 1.87. The predicted octanol–water partition coefficient (Wildman–Crippen LogP) is 2.00. The van der Waals surface area contributed by atoms with Gasteiger partial charge in [-0.2, -0.15) is 0 Å². The molecule has 0 heterocycles. The number of unbranched alkanes of at least 4 members (excludes halogenated alkanes) is 2. The van der Waals surface area contributed by atoms with Crippen LogP contribution in [-0.4, -0.2) is 11.9 Å². The molecule has 0 aromatic carbocycles. The van der Waals surface area contributed by atoms with Crippen molar-refractivity contribution in [2.75, 3.05) is 0 Å². The van der Waals surface area contributed by atoms with Crippen molar-refractivity contribution in [3.05, 3.63) is 0 Å². The monoisotopic (exact) mass is 156 g/mol. The van der Waals surface area contributed by atoms with Crippen LogP contribution in [0.1, 0.15) is 46.5 Å². The van der Waals surface area contributed by atoms with E-state index in [0.29, 0.717) is 0 Å². The molecule has 65 valence electrons. The highest BCUT2D eigenvalue weighted by molar-refractivity contribution is 5.48. The molecule has 0 fully saturated rings. The molecule has 0 aliphatic heterocycles. The summed E-state index contributed by atoms with van der Waals surface area (Å²) in [6.07, 6.45) is 6.41. The van der Waals surface area contributed by atoms with Crippen LogP contribution in [0.2, 0.25) is 0 Å². The lowest BCUT2D eigenvalue weighted by Gasteiger charge is -2.22. The first kappa shape index (κ1) is 10.5. The fourth-order valence-corrected chi connectivity index (χ4v) is 1.02. The molecule has 0 saturated heterocycles. The summed E-state index contributed by atoms with van der Waals surface area (Å²) in [5.74, 6) is 0. The minimum absolute atomic E-state index is 0.0725. The van der Waals surface area contributed by atoms with E-state index in [0.717, 1.165) is 6.42 Å². The van der Waals surface area contributed by atoms with E-state index in [1.54, 1.807) is 6.41 Å². The molecule has 1 radical (unpaired) electrons. The van der Waals surface area contributed by atoms with E-state index in [-0.39, 0.29) is 5.54 Å². The highest BCUT2D eigenvalue weighted by Crippen LogP contribution is 2.12. The van der Waals surface area contributed by atoms with Gasteiger partial charge in [0.2, 0.25) is 0 Å². The maximum Gasteiger partial charge on any atom is 0.309 e. The average molecular weight is 156 g/mol. The van der Waals surface area contributed by atoms with Gasteiger partial charge < -0.3 is 5.32 Å². The van der Waals surface area contributed by atoms with Gasteiger partial charge in [-0.1, -0.05) is 26.2 Å². The topological polar surface area (TPSA) is 29.1 Å². The van der Waals surface area contributed by atoms with Crippen LogP contribution in [0.4, 0.5) is 0 Å². The largest absolute Gasteiger partial charge is 0.343 e. The summed E-state index contributed by atoms with van der Waals surface area (Å²) in [6, 6.07) is 0. The zero-order valence-corrected chi connectivity index (χ0v) is 7.74. The molecule has 2 nitrogen and oxygen atoms in total. The van der Waals surface area contributed by atoms with E-state index in [1.165, 1.54) is 19.3 Å². The molecule has 0 spiro atoms. The Bertz CT molecular complexity index is 110. The van der Waals surface area contributed by atoms with Crippen molar-refractivity contribution in [3.63, 3.8) is 0 Å². The number of amides is 1. The van der Waals surface area contributed by atoms with E-state index in [9.17, 15) is 4.79 Å². The Balaban J connectivity index is 3.45. The molecule has 0 rings (SSSR count). The van der Waals surface area contributed by atoms with Crippen molar-refractivity contribution in [2.24, 2.45) is 0 Å². The van der Waals surface area contributed by atoms with Gasteiger partial charge in [-0.25, -0.2) is 0 Å². The van der Waals surface area contributed by atoms with Crippen molar-refractivity contribution in [2.45, 2.75) is 52.0 Å². The Morgan fingerprint density at radius 2 is 2.00 bits per heavy atom. The lowest BCUT2D eigenvalue weighted by atomic mass is 9.97. The Morgan fingerprint density at radius 1 is 1.36 bits per heavy atom. The number of hydrogen-bond acceptors (Lipinski definition) is 1. The SMILES string of the molecule is CCCCCC(C)(C)N[C]=O. The third-order valence-electron chi connectivity index (χ3n) is 1.79. The minimum Gasteiger partial charge on any atom is -0.343 e. The van der Waals surface area contributed by atoms with Gasteiger partial charge in [0, 0.05) is 5.54 Å². The Morgan fingerprint density at radius 3 is 2.45 bits per heavy atom. The first-order valence-corrected chi connectivity index (χ1v) is 4.26. The smallest absolute Gasteiger partial charge is 0.309 e. The summed E-state index contributed by atoms with van der Waals surface area (Å²) in [5, 5.41) is 2.68. The lowest BCUT2D eigenvalue weighted by molar-refractivity contribution is 0.391. The van der Waals surface area contributed by atoms with Crippen LogP contribution >= 0.6 is 0 Å². The van der Waals surface area contributed by atoms with Gasteiger partial charge in [0.15, 0.2) is 0 Å². The Kier molecular flexibility index (Phi) is 4.92. The van der Waals surface area contributed by atoms with Crippen molar-refractivity contribution in [1.29, 1.82) is 0 Å². The van der Waals surface area contributed by atoms with Gasteiger partial charge in [0.25, 0.3) is 0 Å². The second-order valence-electron chi connectivity index (χ2n) is 3.57. The molecule has 0 aliphatic rings. The molecular weight excluding hydrogens is 138 g/mol. The normalized spacial score (nSPS) is 11.2. The predicted molar refractivity (Wildman–Crippen MR) is 47.1 cm³/mol. The van der Waals surface area contributed by atoms with E-state index < -0.39 is 0 Å². The molecule has 1 N–H and O–H groups in total. The second-order valence-corrected chi connectivity index (χ2v) is 3.57. The third kappa shape index (κ3) is 5.89. The Hall–Kier alpha value is -0.530. The van der Waals surface area contributed by atoms with E-state index in [4.69, 9.17) is 0 Å². The van der Waals surface area contributed by atoms with Gasteiger partial charge in [-0.3, -0.25) is 4.79 Å². The number of hydrogen-bond donors (Lipinski definition) is 1. The van der Waals surface area contributed by atoms with Crippen LogP contribution < -0.4 is 5.32 Å². The van der Waals surface area contributed by atoms with Crippen LogP contribution in [0.25, 0.3) is 0 Å². The summed E-state index contributed by atoms with van der Waals surface area (Å²) in [5.41, 5.74) is -0.0725. The molecular formula is C9H18NO. The van der Waals surface area contributed by atoms with Gasteiger partial charge in [-0.05, 0) is 20.3 Å². The van der Waals surface area contributed by atoms with Crippen LogP contribution in [0, 0.1) is 0 Å². The fraction of sp³-hybridized carbons (Fsp3) is 0.889. The fourth-order valence-electron chi connectivity index (χ4n) is 1.02. The molecule has 11 heavy (non-hydrogen) atoms. The first-order chi connectivity index (χ1) is 5.12. The molecule has 0 aliphatic carbocycles. The minimum atomic E-state index is -0.0725. The van der Waals surface area contributed by atoms with E-state index >= 15 is 0 Å². The van der Waals surface area contributed by atoms with Crippen LogP contribution in [-0.2, 0) is 4.79 Å². The van der Waals surface area contributed by atoms with Crippen molar-refractivity contribution >= 4 is 6.41 Å². The van der Waals surface area contributed by atoms with Crippen molar-refractivity contribution in [3.8, 4) is 0 Å².